The Kier molecular flexibility index (Phi) is 1.83. The molecule has 2 heteroatoms. The molecule has 1 nitrogen and oxygen atoms in total. The first kappa shape index (κ1) is 7.10. The van der Waals surface area contributed by atoms with Crippen molar-refractivity contribution < 1.29 is 0 Å². The number of rotatable bonds is 0. The summed E-state index contributed by atoms with van der Waals surface area (Å²) in [6, 6.07) is 0.792. The lowest BCUT2D eigenvalue weighted by molar-refractivity contribution is 0.345. The number of hydrogen-bond donors (Lipinski definition) is 0. The summed E-state index contributed by atoms with van der Waals surface area (Å²) >= 11 is 0. The number of likely N-dealkylation sites (tertiary alicyclic amines) is 1. The third-order valence-electron chi connectivity index (χ3n) is 2.24. The van der Waals surface area contributed by atoms with E-state index in [1.54, 1.807) is 0 Å². The van der Waals surface area contributed by atoms with Gasteiger partial charge < -0.3 is 0 Å². The minimum atomic E-state index is 0. The second kappa shape index (κ2) is 2.31. The van der Waals surface area contributed by atoms with Crippen LogP contribution in [0.3, 0.4) is 0 Å². The van der Waals surface area contributed by atoms with Gasteiger partial charge in [-0.25, -0.2) is 0 Å². The van der Waals surface area contributed by atoms with Crippen LogP contribution in [0.4, 0.5) is 0 Å². The van der Waals surface area contributed by atoms with E-state index in [1.807, 2.05) is 0 Å². The van der Waals surface area contributed by atoms with E-state index in [0.29, 0.717) is 0 Å². The molecule has 0 spiro atoms. The maximum atomic E-state index is 2.42. The maximum absolute atomic E-state index is 2.42. The number of likely N-dealkylation sites (N-methyl/N-ethyl adjacent to an activating group) is 1. The average molecular weight is 146 g/mol. The van der Waals surface area contributed by atoms with Gasteiger partial charge in [0.25, 0.3) is 0 Å². The van der Waals surface area contributed by atoms with Crippen LogP contribution in [0.25, 0.3) is 0 Å². The minimum Gasteiger partial charge on any atom is -0.299 e. The molecule has 0 aromatic rings. The molecule has 2 rings (SSSR count). The highest BCUT2D eigenvalue weighted by Crippen LogP contribution is 2.29. The van der Waals surface area contributed by atoms with Crippen molar-refractivity contribution in [1.29, 1.82) is 0 Å². The van der Waals surface area contributed by atoms with Crippen LogP contribution in [0, 0.1) is 5.92 Å². The molecule has 2 atom stereocenters. The Balaban J connectivity index is 0.000000405. The molecule has 1 fully saturated rings. The fourth-order valence-electron chi connectivity index (χ4n) is 1.72. The van der Waals surface area contributed by atoms with Gasteiger partial charge in [-0.3, -0.25) is 4.90 Å². The van der Waals surface area contributed by atoms with Gasteiger partial charge in [-0.1, -0.05) is 12.2 Å². The Labute approximate surface area is 62.1 Å². The number of halogens is 1. The summed E-state index contributed by atoms with van der Waals surface area (Å²) in [5.41, 5.74) is 0. The van der Waals surface area contributed by atoms with Crippen LogP contribution < -0.4 is 0 Å². The molecule has 2 bridgehead atoms. The molecule has 2 aliphatic rings. The van der Waals surface area contributed by atoms with Crippen LogP contribution in [0.15, 0.2) is 12.2 Å². The van der Waals surface area contributed by atoms with Crippen molar-refractivity contribution in [2.45, 2.75) is 12.5 Å². The molecule has 0 aromatic heterocycles. The zero-order valence-electron chi connectivity index (χ0n) is 5.58. The van der Waals surface area contributed by atoms with Crippen molar-refractivity contribution in [3.8, 4) is 0 Å². The van der Waals surface area contributed by atoms with Crippen molar-refractivity contribution in [2.24, 2.45) is 5.92 Å². The van der Waals surface area contributed by atoms with Gasteiger partial charge in [0.15, 0.2) is 0 Å². The third-order valence-corrected chi connectivity index (χ3v) is 2.24. The quantitative estimate of drug-likeness (QED) is 0.465. The molecule has 1 heterocycles. The second-order valence-electron chi connectivity index (χ2n) is 2.89. The molecular weight excluding hydrogens is 134 g/mol. The van der Waals surface area contributed by atoms with Crippen molar-refractivity contribution >= 4 is 12.4 Å². The van der Waals surface area contributed by atoms with E-state index in [0.717, 1.165) is 12.0 Å². The minimum absolute atomic E-state index is 0. The van der Waals surface area contributed by atoms with E-state index in [4.69, 9.17) is 0 Å². The molecule has 0 saturated carbocycles. The molecule has 0 N–H and O–H groups in total. The summed E-state index contributed by atoms with van der Waals surface area (Å²) in [5, 5.41) is 0. The van der Waals surface area contributed by atoms with E-state index < -0.39 is 0 Å². The summed E-state index contributed by atoms with van der Waals surface area (Å²) in [6.45, 7) is 1.29. The Hall–Kier alpha value is -0.0100. The number of nitrogens with zero attached hydrogens (tertiary/aromatic N) is 1. The Morgan fingerprint density at radius 3 is 2.44 bits per heavy atom. The van der Waals surface area contributed by atoms with Gasteiger partial charge in [-0.05, 0) is 19.4 Å². The van der Waals surface area contributed by atoms with E-state index in [1.165, 1.54) is 13.0 Å². The summed E-state index contributed by atoms with van der Waals surface area (Å²) in [4.78, 5) is 2.42. The van der Waals surface area contributed by atoms with Crippen molar-refractivity contribution in [1.82, 2.24) is 4.90 Å². The molecule has 1 aliphatic carbocycles. The number of hydrogen-bond acceptors (Lipinski definition) is 1. The standard InChI is InChI=1S/C7H11N.ClH/c1-8-5-6-2-3-7(8)4-6;/h2-3,6-7H,4-5H2,1H3;1H. The molecule has 52 valence electrons. The fraction of sp³-hybridized carbons (Fsp3) is 0.714. The zero-order valence-corrected chi connectivity index (χ0v) is 6.40. The highest BCUT2D eigenvalue weighted by atomic mass is 35.5. The normalized spacial score (nSPS) is 39.2. The van der Waals surface area contributed by atoms with Crippen LogP contribution in [0.1, 0.15) is 6.42 Å². The SMILES string of the molecule is CN1CC2C=CC1C2.Cl. The van der Waals surface area contributed by atoms with Gasteiger partial charge in [0, 0.05) is 12.6 Å². The Morgan fingerprint density at radius 2 is 2.22 bits per heavy atom. The zero-order chi connectivity index (χ0) is 5.56. The predicted molar refractivity (Wildman–Crippen MR) is 40.9 cm³/mol. The van der Waals surface area contributed by atoms with Gasteiger partial charge in [0.05, 0.1) is 0 Å². The second-order valence-corrected chi connectivity index (χ2v) is 2.89. The summed E-state index contributed by atoms with van der Waals surface area (Å²) in [7, 11) is 2.20. The molecule has 2 unspecified atom stereocenters. The number of fused-ring (bicyclic) bond motifs is 2. The lowest BCUT2D eigenvalue weighted by Gasteiger charge is -2.16. The van der Waals surface area contributed by atoms with Gasteiger partial charge in [0.1, 0.15) is 0 Å². The Bertz CT molecular complexity index is 133. The monoisotopic (exact) mass is 145 g/mol. The van der Waals surface area contributed by atoms with Gasteiger partial charge in [-0.15, -0.1) is 12.4 Å². The highest BCUT2D eigenvalue weighted by Gasteiger charge is 2.30. The van der Waals surface area contributed by atoms with Crippen LogP contribution in [0.5, 0.6) is 0 Å². The lowest BCUT2D eigenvalue weighted by Crippen LogP contribution is -2.24. The van der Waals surface area contributed by atoms with E-state index in [-0.39, 0.29) is 12.4 Å². The van der Waals surface area contributed by atoms with Crippen LogP contribution in [-0.2, 0) is 0 Å². The summed E-state index contributed by atoms with van der Waals surface area (Å²) in [5.74, 6) is 0.894. The topological polar surface area (TPSA) is 3.24 Å². The van der Waals surface area contributed by atoms with E-state index in [9.17, 15) is 0 Å². The van der Waals surface area contributed by atoms with Crippen molar-refractivity contribution in [2.75, 3.05) is 13.6 Å². The van der Waals surface area contributed by atoms with Crippen LogP contribution >= 0.6 is 12.4 Å². The van der Waals surface area contributed by atoms with E-state index >= 15 is 0 Å². The largest absolute Gasteiger partial charge is 0.299 e. The first-order chi connectivity index (χ1) is 3.86. The van der Waals surface area contributed by atoms with Gasteiger partial charge in [-0.2, -0.15) is 0 Å². The van der Waals surface area contributed by atoms with Gasteiger partial charge >= 0.3 is 0 Å². The lowest BCUT2D eigenvalue weighted by atomic mass is 10.2. The molecule has 0 amide bonds. The molecule has 0 aromatic carbocycles. The predicted octanol–water partition coefficient (Wildman–Crippen LogP) is 1.30. The van der Waals surface area contributed by atoms with Crippen molar-refractivity contribution in [3.63, 3.8) is 0 Å². The van der Waals surface area contributed by atoms with E-state index in [2.05, 4.69) is 24.1 Å². The summed E-state index contributed by atoms with van der Waals surface area (Å²) in [6.07, 6.45) is 6.06. The highest BCUT2D eigenvalue weighted by molar-refractivity contribution is 5.85. The smallest absolute Gasteiger partial charge is 0.0281 e. The molecule has 1 aliphatic heterocycles. The van der Waals surface area contributed by atoms with Crippen LogP contribution in [-0.4, -0.2) is 24.5 Å². The fourth-order valence-corrected chi connectivity index (χ4v) is 1.72. The summed E-state index contributed by atoms with van der Waals surface area (Å²) < 4.78 is 0. The van der Waals surface area contributed by atoms with Crippen molar-refractivity contribution in [3.05, 3.63) is 12.2 Å². The van der Waals surface area contributed by atoms with Gasteiger partial charge in [0.2, 0.25) is 0 Å². The molecule has 9 heavy (non-hydrogen) atoms. The maximum Gasteiger partial charge on any atom is 0.0281 e. The molecule has 1 saturated heterocycles. The Morgan fingerprint density at radius 1 is 1.44 bits per heavy atom. The molecular formula is C7H12ClN. The first-order valence-electron chi connectivity index (χ1n) is 3.25. The molecule has 0 radical (unpaired) electrons. The average Bonchev–Trinajstić information content (AvgIpc) is 2.23. The van der Waals surface area contributed by atoms with Crippen LogP contribution in [0.2, 0.25) is 0 Å². The first-order valence-corrected chi connectivity index (χ1v) is 3.25. The third kappa shape index (κ3) is 0.993.